The molecule has 9 heteroatoms. The van der Waals surface area contributed by atoms with Crippen molar-refractivity contribution in [3.05, 3.63) is 53.6 Å². The molecule has 0 aliphatic heterocycles. The molecule has 0 saturated heterocycles. The van der Waals surface area contributed by atoms with E-state index in [9.17, 15) is 18.3 Å². The Balaban J connectivity index is 2.06. The molecule has 1 amide bonds. The van der Waals surface area contributed by atoms with Gasteiger partial charge in [0.2, 0.25) is 10.0 Å². The average molecular weight is 391 g/mol. The van der Waals surface area contributed by atoms with Crippen molar-refractivity contribution in [2.24, 2.45) is 5.10 Å². The first kappa shape index (κ1) is 20.4. The number of ether oxygens (including phenoxy) is 1. The topological polar surface area (TPSA) is 108 Å². The minimum atomic E-state index is -3.92. The van der Waals surface area contributed by atoms with Crippen LogP contribution < -0.4 is 10.2 Å². The van der Waals surface area contributed by atoms with Crippen LogP contribution in [-0.2, 0) is 14.8 Å². The van der Waals surface area contributed by atoms with Gasteiger partial charge in [-0.1, -0.05) is 18.2 Å². The molecule has 0 aliphatic rings. The molecule has 0 radical (unpaired) electrons. The van der Waals surface area contributed by atoms with Gasteiger partial charge in [0.15, 0.2) is 0 Å². The van der Waals surface area contributed by atoms with Crippen LogP contribution in [0.3, 0.4) is 0 Å². The number of likely N-dealkylation sites (N-methyl/N-ethyl adjacent to an activating group) is 1. The van der Waals surface area contributed by atoms with Gasteiger partial charge < -0.3 is 9.84 Å². The summed E-state index contributed by atoms with van der Waals surface area (Å²) in [5.41, 5.74) is 3.59. The van der Waals surface area contributed by atoms with Crippen molar-refractivity contribution in [1.82, 2.24) is 9.73 Å². The number of hydrogen-bond acceptors (Lipinski definition) is 6. The molecule has 0 bridgehead atoms. The molecule has 0 heterocycles. The van der Waals surface area contributed by atoms with Crippen molar-refractivity contribution in [1.29, 1.82) is 0 Å². The second kappa shape index (κ2) is 8.65. The van der Waals surface area contributed by atoms with Crippen molar-refractivity contribution >= 4 is 22.1 Å². The molecule has 2 aromatic rings. The molecule has 0 fully saturated rings. The van der Waals surface area contributed by atoms with Crippen LogP contribution in [0.15, 0.2) is 52.5 Å². The zero-order chi connectivity index (χ0) is 20.0. The fourth-order valence-electron chi connectivity index (χ4n) is 2.26. The average Bonchev–Trinajstić information content (AvgIpc) is 2.61. The van der Waals surface area contributed by atoms with Gasteiger partial charge in [0.25, 0.3) is 5.91 Å². The van der Waals surface area contributed by atoms with Crippen molar-refractivity contribution in [3.63, 3.8) is 0 Å². The van der Waals surface area contributed by atoms with Gasteiger partial charge in [-0.3, -0.25) is 4.79 Å². The third-order valence-electron chi connectivity index (χ3n) is 3.65. The Morgan fingerprint density at radius 2 is 2.04 bits per heavy atom. The quantitative estimate of drug-likeness (QED) is 0.549. The van der Waals surface area contributed by atoms with E-state index in [1.165, 1.54) is 38.6 Å². The minimum absolute atomic E-state index is 0.0106. The summed E-state index contributed by atoms with van der Waals surface area (Å²) in [5, 5.41) is 13.1. The Kier molecular flexibility index (Phi) is 6.54. The van der Waals surface area contributed by atoms with Gasteiger partial charge in [0, 0.05) is 7.05 Å². The Morgan fingerprint density at radius 3 is 2.70 bits per heavy atom. The number of aryl methyl sites for hydroxylation is 1. The number of sulfonamides is 1. The van der Waals surface area contributed by atoms with E-state index < -0.39 is 22.5 Å². The van der Waals surface area contributed by atoms with Gasteiger partial charge in [0.1, 0.15) is 16.4 Å². The molecule has 0 atom stereocenters. The molecule has 0 saturated carbocycles. The Bertz CT molecular complexity index is 957. The summed E-state index contributed by atoms with van der Waals surface area (Å²) in [7, 11) is -1.24. The lowest BCUT2D eigenvalue weighted by Gasteiger charge is -2.18. The highest BCUT2D eigenvalue weighted by atomic mass is 32.2. The van der Waals surface area contributed by atoms with Crippen LogP contribution in [0.4, 0.5) is 0 Å². The molecule has 0 spiro atoms. The van der Waals surface area contributed by atoms with Gasteiger partial charge in [0.05, 0.1) is 19.9 Å². The third-order valence-corrected chi connectivity index (χ3v) is 5.47. The Morgan fingerprint density at radius 1 is 1.30 bits per heavy atom. The van der Waals surface area contributed by atoms with Crippen molar-refractivity contribution in [2.45, 2.75) is 11.8 Å². The number of benzene rings is 2. The van der Waals surface area contributed by atoms with Gasteiger partial charge in [-0.15, -0.1) is 0 Å². The largest absolute Gasteiger partial charge is 0.508 e. The SMILES string of the molecule is COc1ccc(C)cc1S(=O)(=O)N(C)CC(=O)NN=Cc1cccc(O)c1. The molecular weight excluding hydrogens is 370 g/mol. The molecular formula is C18H21N3O5S. The normalized spacial score (nSPS) is 11.7. The summed E-state index contributed by atoms with van der Waals surface area (Å²) in [6.07, 6.45) is 1.34. The maximum Gasteiger partial charge on any atom is 0.255 e. The smallest absolute Gasteiger partial charge is 0.255 e. The van der Waals surface area contributed by atoms with E-state index in [1.807, 2.05) is 0 Å². The highest BCUT2D eigenvalue weighted by molar-refractivity contribution is 7.89. The van der Waals surface area contributed by atoms with Crippen LogP contribution >= 0.6 is 0 Å². The molecule has 27 heavy (non-hydrogen) atoms. The van der Waals surface area contributed by atoms with Crippen LogP contribution in [0.25, 0.3) is 0 Å². The number of carbonyl (C=O) groups is 1. The highest BCUT2D eigenvalue weighted by Crippen LogP contribution is 2.27. The maximum absolute atomic E-state index is 12.7. The first-order valence-electron chi connectivity index (χ1n) is 7.96. The van der Waals surface area contributed by atoms with E-state index in [0.717, 1.165) is 9.87 Å². The molecule has 2 rings (SSSR count). The summed E-state index contributed by atoms with van der Waals surface area (Å²) >= 11 is 0. The highest BCUT2D eigenvalue weighted by Gasteiger charge is 2.26. The number of nitrogens with one attached hydrogen (secondary N) is 1. The zero-order valence-electron chi connectivity index (χ0n) is 15.2. The predicted molar refractivity (Wildman–Crippen MR) is 101 cm³/mol. The number of rotatable bonds is 7. The first-order valence-corrected chi connectivity index (χ1v) is 9.40. The lowest BCUT2D eigenvalue weighted by Crippen LogP contribution is -2.36. The lowest BCUT2D eigenvalue weighted by atomic mass is 10.2. The number of hydrazone groups is 1. The van der Waals surface area contributed by atoms with Crippen molar-refractivity contribution in [3.8, 4) is 11.5 Å². The third kappa shape index (κ3) is 5.28. The second-order valence-corrected chi connectivity index (χ2v) is 7.82. The van der Waals surface area contributed by atoms with Gasteiger partial charge in [-0.25, -0.2) is 13.8 Å². The summed E-state index contributed by atoms with van der Waals surface area (Å²) < 4.78 is 31.5. The fraction of sp³-hybridized carbons (Fsp3) is 0.222. The molecule has 0 aliphatic carbocycles. The Hall–Kier alpha value is -2.91. The minimum Gasteiger partial charge on any atom is -0.508 e. The number of hydrogen-bond donors (Lipinski definition) is 2. The number of methoxy groups -OCH3 is 1. The number of amides is 1. The van der Waals surface area contributed by atoms with Crippen molar-refractivity contribution < 1.29 is 23.1 Å². The van der Waals surface area contributed by atoms with E-state index in [1.54, 1.807) is 31.2 Å². The van der Waals surface area contributed by atoms with Crippen molar-refractivity contribution in [2.75, 3.05) is 20.7 Å². The van der Waals surface area contributed by atoms with Gasteiger partial charge in [-0.2, -0.15) is 9.41 Å². The van der Waals surface area contributed by atoms with Crippen LogP contribution in [0, 0.1) is 6.92 Å². The lowest BCUT2D eigenvalue weighted by molar-refractivity contribution is -0.121. The number of aromatic hydroxyl groups is 1. The first-order chi connectivity index (χ1) is 12.7. The molecule has 144 valence electrons. The fourth-order valence-corrected chi connectivity index (χ4v) is 3.62. The summed E-state index contributed by atoms with van der Waals surface area (Å²) in [4.78, 5) is 12.0. The van der Waals surface area contributed by atoms with Gasteiger partial charge >= 0.3 is 0 Å². The maximum atomic E-state index is 12.7. The van der Waals surface area contributed by atoms with E-state index >= 15 is 0 Å². The summed E-state index contributed by atoms with van der Waals surface area (Å²) in [6, 6.07) is 11.1. The van der Waals surface area contributed by atoms with Crippen LogP contribution in [-0.4, -0.2) is 50.7 Å². The van der Waals surface area contributed by atoms with Crippen LogP contribution in [0.1, 0.15) is 11.1 Å². The second-order valence-electron chi connectivity index (χ2n) is 5.80. The zero-order valence-corrected chi connectivity index (χ0v) is 16.0. The van der Waals surface area contributed by atoms with Gasteiger partial charge in [-0.05, 0) is 42.3 Å². The van der Waals surface area contributed by atoms with E-state index in [0.29, 0.717) is 5.56 Å². The molecule has 2 N–H and O–H groups in total. The molecule has 8 nitrogen and oxygen atoms in total. The van der Waals surface area contributed by atoms with E-state index in [2.05, 4.69) is 10.5 Å². The molecule has 0 aromatic heterocycles. The molecule has 0 unspecified atom stereocenters. The monoisotopic (exact) mass is 391 g/mol. The van der Waals surface area contributed by atoms with Crippen LogP contribution in [0.2, 0.25) is 0 Å². The number of phenolic OH excluding ortho intramolecular Hbond substituents is 1. The number of carbonyl (C=O) groups excluding carboxylic acids is 1. The van der Waals surface area contributed by atoms with E-state index in [-0.39, 0.29) is 16.4 Å². The Labute approximate surface area is 158 Å². The van der Waals surface area contributed by atoms with Crippen LogP contribution in [0.5, 0.6) is 11.5 Å². The summed E-state index contributed by atoms with van der Waals surface area (Å²) in [6.45, 7) is 1.35. The molecule has 2 aromatic carbocycles. The number of nitrogens with zero attached hydrogens (tertiary/aromatic N) is 2. The van der Waals surface area contributed by atoms with E-state index in [4.69, 9.17) is 4.74 Å². The number of phenols is 1. The summed E-state index contributed by atoms with van der Waals surface area (Å²) in [5.74, 6) is -0.331. The predicted octanol–water partition coefficient (Wildman–Crippen LogP) is 1.48. The standard InChI is InChI=1S/C18H21N3O5S/c1-13-7-8-16(26-3)17(9-13)27(24,25)21(2)12-18(23)20-19-11-14-5-4-6-15(22)10-14/h4-11,22H,12H2,1-3H3,(H,20,23).